The molecule has 0 amide bonds. The summed E-state index contributed by atoms with van der Waals surface area (Å²) in [6.07, 6.45) is 0. The van der Waals surface area contributed by atoms with Crippen molar-refractivity contribution < 1.29 is 0 Å². The van der Waals surface area contributed by atoms with Gasteiger partial charge < -0.3 is 9.80 Å². The van der Waals surface area contributed by atoms with Crippen molar-refractivity contribution in [3.8, 4) is 0 Å². The van der Waals surface area contributed by atoms with E-state index in [2.05, 4.69) is 27.0 Å². The molecule has 6 nitrogen and oxygen atoms in total. The summed E-state index contributed by atoms with van der Waals surface area (Å²) in [5, 5.41) is 9.27. The summed E-state index contributed by atoms with van der Waals surface area (Å²) in [6, 6.07) is 5.74. The number of anilines is 1. The van der Waals surface area contributed by atoms with Crippen molar-refractivity contribution in [3.63, 3.8) is 0 Å². The predicted molar refractivity (Wildman–Crippen MR) is 87.7 cm³/mol. The second-order valence-electron chi connectivity index (χ2n) is 5.77. The number of nitrogens with zero attached hydrogens (tertiary/aromatic N) is 6. The fourth-order valence-electron chi connectivity index (χ4n) is 2.96. The van der Waals surface area contributed by atoms with Crippen LogP contribution in [-0.2, 0) is 0 Å². The Kier molecular flexibility index (Phi) is 3.16. The summed E-state index contributed by atoms with van der Waals surface area (Å²) < 4.78 is 2.04. The zero-order chi connectivity index (χ0) is 15.3. The maximum absolute atomic E-state index is 6.15. The topological polar surface area (TPSA) is 49.6 Å². The van der Waals surface area contributed by atoms with E-state index in [9.17, 15) is 0 Å². The second-order valence-corrected chi connectivity index (χ2v) is 6.20. The van der Waals surface area contributed by atoms with Gasteiger partial charge in [0.15, 0.2) is 5.82 Å². The maximum Gasteiger partial charge on any atom is 0.204 e. The first-order chi connectivity index (χ1) is 10.6. The summed E-state index contributed by atoms with van der Waals surface area (Å²) in [5.74, 6) is 1.75. The Hall–Kier alpha value is -1.92. The first-order valence-electron chi connectivity index (χ1n) is 7.38. The van der Waals surface area contributed by atoms with Gasteiger partial charge in [-0.25, -0.2) is 4.98 Å². The van der Waals surface area contributed by atoms with Crippen LogP contribution in [0.4, 0.5) is 5.82 Å². The molecule has 1 saturated heterocycles. The van der Waals surface area contributed by atoms with Crippen molar-refractivity contribution in [1.82, 2.24) is 24.5 Å². The molecule has 0 unspecified atom stereocenters. The van der Waals surface area contributed by atoms with Crippen molar-refractivity contribution >= 4 is 34.1 Å². The van der Waals surface area contributed by atoms with Gasteiger partial charge in [0.2, 0.25) is 5.65 Å². The van der Waals surface area contributed by atoms with Gasteiger partial charge in [-0.05, 0) is 32.2 Å². The van der Waals surface area contributed by atoms with E-state index in [1.54, 1.807) is 0 Å². The molecule has 3 aromatic rings. The average Bonchev–Trinajstić information content (AvgIpc) is 2.90. The van der Waals surface area contributed by atoms with Gasteiger partial charge >= 0.3 is 0 Å². The number of fused-ring (bicyclic) bond motifs is 3. The van der Waals surface area contributed by atoms with Gasteiger partial charge in [0, 0.05) is 31.2 Å². The number of halogens is 1. The normalized spacial score (nSPS) is 16.8. The Morgan fingerprint density at radius 3 is 2.64 bits per heavy atom. The number of hydrogen-bond donors (Lipinski definition) is 0. The largest absolute Gasteiger partial charge is 0.351 e. The molecule has 0 bridgehead atoms. The zero-order valence-corrected chi connectivity index (χ0v) is 13.4. The van der Waals surface area contributed by atoms with Gasteiger partial charge in [0.25, 0.3) is 0 Å². The van der Waals surface area contributed by atoms with Crippen LogP contribution in [-0.4, -0.2) is 57.7 Å². The van der Waals surface area contributed by atoms with Crippen LogP contribution >= 0.6 is 11.6 Å². The molecule has 2 aromatic heterocycles. The molecule has 114 valence electrons. The smallest absolute Gasteiger partial charge is 0.204 e. The molecule has 1 aliphatic heterocycles. The lowest BCUT2D eigenvalue weighted by molar-refractivity contribution is 0.312. The minimum absolute atomic E-state index is 0.691. The molecule has 0 N–H and O–H groups in total. The molecule has 22 heavy (non-hydrogen) atoms. The van der Waals surface area contributed by atoms with Crippen molar-refractivity contribution in [2.45, 2.75) is 6.92 Å². The molecular weight excluding hydrogens is 300 g/mol. The van der Waals surface area contributed by atoms with E-state index < -0.39 is 0 Å². The highest BCUT2D eigenvalue weighted by molar-refractivity contribution is 6.31. The van der Waals surface area contributed by atoms with Gasteiger partial charge in [0.05, 0.1) is 11.0 Å². The SMILES string of the molecule is Cc1nnc2c(N3CCN(C)CC3)nc3ccc(Cl)cc3n12. The predicted octanol–water partition coefficient (Wildman–Crippen LogP) is 1.99. The third kappa shape index (κ3) is 2.10. The van der Waals surface area contributed by atoms with E-state index >= 15 is 0 Å². The Morgan fingerprint density at radius 1 is 1.09 bits per heavy atom. The minimum Gasteiger partial charge on any atom is -0.351 e. The molecular formula is C15H17ClN6. The molecule has 0 saturated carbocycles. The molecule has 1 aliphatic rings. The second kappa shape index (κ2) is 5.07. The lowest BCUT2D eigenvalue weighted by Crippen LogP contribution is -2.45. The molecule has 4 rings (SSSR count). The van der Waals surface area contributed by atoms with Crippen molar-refractivity contribution in [2.24, 2.45) is 0 Å². The fraction of sp³-hybridized carbons (Fsp3) is 0.400. The van der Waals surface area contributed by atoms with Gasteiger partial charge in [-0.2, -0.15) is 0 Å². The zero-order valence-electron chi connectivity index (χ0n) is 12.6. The van der Waals surface area contributed by atoms with Crippen LogP contribution in [0.2, 0.25) is 5.02 Å². The number of rotatable bonds is 1. The third-order valence-electron chi connectivity index (χ3n) is 4.23. The van der Waals surface area contributed by atoms with Crippen LogP contribution in [0.15, 0.2) is 18.2 Å². The van der Waals surface area contributed by atoms with Crippen molar-refractivity contribution in [3.05, 3.63) is 29.0 Å². The number of piperazine rings is 1. The number of aromatic nitrogens is 4. The molecule has 1 aromatic carbocycles. The van der Waals surface area contributed by atoms with E-state index in [1.807, 2.05) is 29.5 Å². The quantitative estimate of drug-likeness (QED) is 0.687. The third-order valence-corrected chi connectivity index (χ3v) is 4.47. The Balaban J connectivity index is 1.96. The summed E-state index contributed by atoms with van der Waals surface area (Å²) in [6.45, 7) is 5.90. The van der Waals surface area contributed by atoms with Crippen molar-refractivity contribution in [2.75, 3.05) is 38.1 Å². The van der Waals surface area contributed by atoms with Crippen LogP contribution in [0.3, 0.4) is 0 Å². The standard InChI is InChI=1S/C15H17ClN6/c1-10-18-19-15-14(21-7-5-20(2)6-8-21)17-12-4-3-11(16)9-13(12)22(10)15/h3-4,9H,5-8H2,1-2H3. The summed E-state index contributed by atoms with van der Waals surface area (Å²) >= 11 is 6.15. The molecule has 0 radical (unpaired) electrons. The molecule has 3 heterocycles. The van der Waals surface area contributed by atoms with E-state index in [-0.39, 0.29) is 0 Å². The van der Waals surface area contributed by atoms with Crippen LogP contribution < -0.4 is 4.90 Å². The monoisotopic (exact) mass is 316 g/mol. The highest BCUT2D eigenvalue weighted by Gasteiger charge is 2.21. The number of aryl methyl sites for hydroxylation is 1. The Morgan fingerprint density at radius 2 is 1.86 bits per heavy atom. The molecule has 1 fully saturated rings. The Labute approximate surface area is 133 Å². The van der Waals surface area contributed by atoms with E-state index in [1.165, 1.54) is 0 Å². The highest BCUT2D eigenvalue weighted by Crippen LogP contribution is 2.26. The van der Waals surface area contributed by atoms with Gasteiger partial charge in [-0.15, -0.1) is 10.2 Å². The summed E-state index contributed by atoms with van der Waals surface area (Å²) in [5.41, 5.74) is 2.66. The first kappa shape index (κ1) is 13.7. The van der Waals surface area contributed by atoms with Gasteiger partial charge in [0.1, 0.15) is 5.82 Å². The van der Waals surface area contributed by atoms with Crippen molar-refractivity contribution in [1.29, 1.82) is 0 Å². The lowest BCUT2D eigenvalue weighted by atomic mass is 10.2. The first-order valence-corrected chi connectivity index (χ1v) is 7.76. The van der Waals surface area contributed by atoms with E-state index in [0.29, 0.717) is 5.02 Å². The number of benzene rings is 1. The molecule has 7 heteroatoms. The summed E-state index contributed by atoms with van der Waals surface area (Å²) in [4.78, 5) is 9.44. The average molecular weight is 317 g/mol. The number of hydrogen-bond acceptors (Lipinski definition) is 5. The Bertz CT molecular complexity index is 850. The molecule has 0 atom stereocenters. The van der Waals surface area contributed by atoms with Crippen LogP contribution in [0.5, 0.6) is 0 Å². The van der Waals surface area contributed by atoms with Crippen LogP contribution in [0, 0.1) is 6.92 Å². The van der Waals surface area contributed by atoms with E-state index in [4.69, 9.17) is 16.6 Å². The van der Waals surface area contributed by atoms with E-state index in [0.717, 1.165) is 54.5 Å². The minimum atomic E-state index is 0.691. The van der Waals surface area contributed by atoms with Crippen LogP contribution in [0.25, 0.3) is 16.7 Å². The summed E-state index contributed by atoms with van der Waals surface area (Å²) in [7, 11) is 2.14. The highest BCUT2D eigenvalue weighted by atomic mass is 35.5. The molecule has 0 aliphatic carbocycles. The maximum atomic E-state index is 6.15. The fourth-order valence-corrected chi connectivity index (χ4v) is 3.13. The van der Waals surface area contributed by atoms with Gasteiger partial charge in [-0.3, -0.25) is 4.40 Å². The van der Waals surface area contributed by atoms with Gasteiger partial charge in [-0.1, -0.05) is 11.6 Å². The number of likely N-dealkylation sites (N-methyl/N-ethyl adjacent to an activating group) is 1. The molecule has 0 spiro atoms. The van der Waals surface area contributed by atoms with Crippen LogP contribution in [0.1, 0.15) is 5.82 Å². The lowest BCUT2D eigenvalue weighted by Gasteiger charge is -2.33.